The van der Waals surface area contributed by atoms with Crippen LogP contribution >= 0.6 is 0 Å². The van der Waals surface area contributed by atoms with E-state index in [1.54, 1.807) is 6.20 Å². The third-order valence-electron chi connectivity index (χ3n) is 2.97. The third kappa shape index (κ3) is 5.44. The van der Waals surface area contributed by atoms with Gasteiger partial charge in [0, 0.05) is 30.5 Å². The van der Waals surface area contributed by atoms with Crippen molar-refractivity contribution in [2.24, 2.45) is 0 Å². The fourth-order valence-electron chi connectivity index (χ4n) is 1.83. The van der Waals surface area contributed by atoms with Crippen LogP contribution in [-0.4, -0.2) is 22.9 Å². The number of nitrogens with zero attached hydrogens (tertiary/aromatic N) is 2. The molecule has 25 heavy (non-hydrogen) atoms. The molecule has 9 heteroatoms. The van der Waals surface area contributed by atoms with E-state index in [2.05, 4.69) is 9.97 Å². The van der Waals surface area contributed by atoms with Crippen molar-refractivity contribution in [3.63, 3.8) is 0 Å². The maximum atomic E-state index is 10.4. The van der Waals surface area contributed by atoms with Gasteiger partial charge in [-0.15, -0.1) is 0 Å². The molecular weight excluding hydrogens is 346 g/mol. The second-order valence-electron chi connectivity index (χ2n) is 4.70. The number of nitro groups is 1. The standard InChI is InChI=1S/C10H8N2.C6H5NO5S/c1-3-7-11-9(5-1)10-6-2-4-8-12-10;8-7(9)5-2-1-3-6(4-5)13(10,11)12/h1-8H;1-4H,(H,10,11,12). The minimum atomic E-state index is -4.61. The van der Waals surface area contributed by atoms with Crippen molar-refractivity contribution in [3.05, 3.63) is 83.2 Å². The van der Waals surface area contributed by atoms with Crippen LogP contribution in [0.3, 0.4) is 0 Å². The maximum Gasteiger partial charge on any atom is 0.270 e. The summed E-state index contributed by atoms with van der Waals surface area (Å²) in [6.45, 7) is 0. The minimum Gasteiger partial charge on any atom is -0.744 e. The number of hydrogen-bond acceptors (Lipinski definition) is 6. The quantitative estimate of drug-likeness (QED) is 0.400. The zero-order valence-electron chi connectivity index (χ0n) is 12.8. The average molecular weight is 359 g/mol. The minimum absolute atomic E-state index is 0.420. The molecule has 3 rings (SSSR count). The lowest BCUT2D eigenvalue weighted by Crippen LogP contribution is -2.04. The van der Waals surface area contributed by atoms with Crippen molar-refractivity contribution < 1.29 is 22.9 Å². The Balaban J connectivity index is 0.000000181. The molecule has 0 radical (unpaired) electrons. The number of H-pyrrole nitrogens is 1. The molecule has 8 nitrogen and oxygen atoms in total. The fraction of sp³-hybridized carbons (Fsp3) is 0. The van der Waals surface area contributed by atoms with Gasteiger partial charge in [0.05, 0.1) is 9.82 Å². The highest BCUT2D eigenvalue weighted by Gasteiger charge is 2.08. The zero-order chi connectivity index (χ0) is 18.3. The van der Waals surface area contributed by atoms with Crippen molar-refractivity contribution in [2.75, 3.05) is 0 Å². The second-order valence-corrected chi connectivity index (χ2v) is 6.08. The molecule has 2 aromatic heterocycles. The van der Waals surface area contributed by atoms with E-state index in [0.29, 0.717) is 0 Å². The van der Waals surface area contributed by atoms with E-state index in [1.807, 2.05) is 42.6 Å². The van der Waals surface area contributed by atoms with Crippen LogP contribution < -0.4 is 4.98 Å². The van der Waals surface area contributed by atoms with Gasteiger partial charge >= 0.3 is 0 Å². The Morgan fingerprint density at radius 2 is 1.76 bits per heavy atom. The lowest BCUT2D eigenvalue weighted by atomic mass is 10.2. The van der Waals surface area contributed by atoms with Crippen molar-refractivity contribution in [1.82, 2.24) is 4.98 Å². The number of rotatable bonds is 3. The normalized spacial score (nSPS) is 10.4. The van der Waals surface area contributed by atoms with Crippen LogP contribution in [0.25, 0.3) is 11.4 Å². The molecule has 0 aliphatic rings. The van der Waals surface area contributed by atoms with Crippen molar-refractivity contribution in [2.45, 2.75) is 4.90 Å². The molecule has 0 fully saturated rings. The molecule has 1 N–H and O–H groups in total. The summed E-state index contributed by atoms with van der Waals surface area (Å²) in [5.41, 5.74) is 1.59. The Hall–Kier alpha value is -3.17. The van der Waals surface area contributed by atoms with E-state index in [-0.39, 0.29) is 0 Å². The summed E-state index contributed by atoms with van der Waals surface area (Å²) in [5, 5.41) is 10.2. The van der Waals surface area contributed by atoms with Crippen LogP contribution in [0, 0.1) is 10.1 Å². The Kier molecular flexibility index (Phi) is 5.88. The summed E-state index contributed by atoms with van der Waals surface area (Å²) in [4.78, 5) is 16.2. The molecule has 0 saturated heterocycles. The molecule has 0 amide bonds. The summed E-state index contributed by atoms with van der Waals surface area (Å²) >= 11 is 0. The van der Waals surface area contributed by atoms with Gasteiger partial charge in [0.2, 0.25) is 5.69 Å². The smallest absolute Gasteiger partial charge is 0.270 e. The van der Waals surface area contributed by atoms with E-state index in [1.165, 1.54) is 0 Å². The summed E-state index contributed by atoms with van der Waals surface area (Å²) in [6, 6.07) is 15.8. The molecular formula is C16H13N3O5S. The number of hydrogen-bond donors (Lipinski definition) is 0. The van der Waals surface area contributed by atoms with Crippen LogP contribution in [0.4, 0.5) is 5.69 Å². The van der Waals surface area contributed by atoms with E-state index in [9.17, 15) is 23.1 Å². The van der Waals surface area contributed by atoms with Gasteiger partial charge in [0.25, 0.3) is 5.69 Å². The molecule has 0 aliphatic heterocycles. The van der Waals surface area contributed by atoms with E-state index < -0.39 is 25.6 Å². The first-order valence-electron chi connectivity index (χ1n) is 6.96. The lowest BCUT2D eigenvalue weighted by Gasteiger charge is -2.05. The summed E-state index contributed by atoms with van der Waals surface area (Å²) in [5.74, 6) is 0. The first kappa shape index (κ1) is 18.2. The SMILES string of the molecule is O=[N+]([O-])c1cccc(S(=O)(=O)[O-])c1.c1ccc(-c2cccc[nH+]2)nc1. The Morgan fingerprint density at radius 3 is 2.32 bits per heavy atom. The molecule has 0 aliphatic carbocycles. The van der Waals surface area contributed by atoms with Gasteiger partial charge in [-0.05, 0) is 24.3 Å². The number of benzene rings is 1. The largest absolute Gasteiger partial charge is 0.744 e. The van der Waals surface area contributed by atoms with Gasteiger partial charge in [-0.1, -0.05) is 12.1 Å². The van der Waals surface area contributed by atoms with Crippen LogP contribution in [0.15, 0.2) is 78.0 Å². The van der Waals surface area contributed by atoms with Crippen LogP contribution in [-0.2, 0) is 10.1 Å². The first-order chi connectivity index (χ1) is 11.9. The van der Waals surface area contributed by atoms with Crippen molar-refractivity contribution in [1.29, 1.82) is 0 Å². The predicted molar refractivity (Wildman–Crippen MR) is 87.3 cm³/mol. The topological polar surface area (TPSA) is 127 Å². The number of aromatic nitrogens is 2. The van der Waals surface area contributed by atoms with E-state index in [0.717, 1.165) is 35.7 Å². The monoisotopic (exact) mass is 359 g/mol. The number of nitro benzene ring substituents is 1. The summed E-state index contributed by atoms with van der Waals surface area (Å²) in [7, 11) is -4.61. The number of non-ortho nitro benzene ring substituents is 1. The van der Waals surface area contributed by atoms with Gasteiger partial charge in [0.1, 0.15) is 15.8 Å². The highest BCUT2D eigenvalue weighted by Crippen LogP contribution is 2.16. The predicted octanol–water partition coefficient (Wildman–Crippen LogP) is 2.06. The molecule has 0 unspecified atom stereocenters. The average Bonchev–Trinajstić information content (AvgIpc) is 2.63. The Labute approximate surface area is 143 Å². The second kappa shape index (κ2) is 8.08. The zero-order valence-corrected chi connectivity index (χ0v) is 13.6. The Bertz CT molecular complexity index is 910. The van der Waals surface area contributed by atoms with Gasteiger partial charge < -0.3 is 4.55 Å². The van der Waals surface area contributed by atoms with Crippen LogP contribution in [0.1, 0.15) is 0 Å². The van der Waals surface area contributed by atoms with E-state index in [4.69, 9.17) is 0 Å². The van der Waals surface area contributed by atoms with Crippen molar-refractivity contribution >= 4 is 15.8 Å². The van der Waals surface area contributed by atoms with Gasteiger partial charge in [-0.2, -0.15) is 0 Å². The highest BCUT2D eigenvalue weighted by molar-refractivity contribution is 7.85. The molecule has 1 aromatic carbocycles. The van der Waals surface area contributed by atoms with Crippen LogP contribution in [0.2, 0.25) is 0 Å². The Morgan fingerprint density at radius 1 is 1.00 bits per heavy atom. The van der Waals surface area contributed by atoms with Crippen molar-refractivity contribution in [3.8, 4) is 11.4 Å². The van der Waals surface area contributed by atoms with Gasteiger partial charge in [0.15, 0.2) is 6.20 Å². The molecule has 3 aromatic rings. The molecule has 0 atom stereocenters. The number of aromatic amines is 1. The highest BCUT2D eigenvalue weighted by atomic mass is 32.2. The summed E-state index contributed by atoms with van der Waals surface area (Å²) in [6.07, 6.45) is 3.68. The number of nitrogens with one attached hydrogen (secondary N) is 1. The molecule has 0 bridgehead atoms. The maximum absolute atomic E-state index is 10.4. The van der Waals surface area contributed by atoms with Gasteiger partial charge in [-0.3, -0.25) is 10.1 Å². The fourth-order valence-corrected chi connectivity index (χ4v) is 2.34. The number of pyridine rings is 2. The first-order valence-corrected chi connectivity index (χ1v) is 8.37. The van der Waals surface area contributed by atoms with Gasteiger partial charge in [-0.25, -0.2) is 18.4 Å². The van der Waals surface area contributed by atoms with E-state index >= 15 is 0 Å². The lowest BCUT2D eigenvalue weighted by molar-refractivity contribution is -0.385. The third-order valence-corrected chi connectivity index (χ3v) is 3.80. The van der Waals surface area contributed by atoms with Crippen LogP contribution in [0.5, 0.6) is 0 Å². The molecule has 0 spiro atoms. The summed E-state index contributed by atoms with van der Waals surface area (Å²) < 4.78 is 31.3. The molecule has 0 saturated carbocycles. The molecule has 2 heterocycles. The molecule has 128 valence electrons.